The molecule has 4 heteroatoms. The molecule has 1 amide bonds. The number of nitrogens with zero attached hydrogens (tertiary/aromatic N) is 1. The van der Waals surface area contributed by atoms with Gasteiger partial charge in [0.1, 0.15) is 0 Å². The van der Waals surface area contributed by atoms with Crippen molar-refractivity contribution < 1.29 is 4.79 Å². The van der Waals surface area contributed by atoms with E-state index in [0.717, 1.165) is 43.1 Å². The van der Waals surface area contributed by atoms with Crippen molar-refractivity contribution in [1.82, 2.24) is 10.2 Å². The third-order valence-corrected chi connectivity index (χ3v) is 4.10. The largest absolute Gasteiger partial charge is 0.351 e. The number of piperidine rings is 1. The summed E-state index contributed by atoms with van der Waals surface area (Å²) in [6, 6.07) is 7.93. The first-order chi connectivity index (χ1) is 9.85. The van der Waals surface area contributed by atoms with Crippen LogP contribution in [0.15, 0.2) is 24.3 Å². The van der Waals surface area contributed by atoms with Gasteiger partial charge in [0.15, 0.2) is 0 Å². The van der Waals surface area contributed by atoms with E-state index in [9.17, 15) is 4.79 Å². The van der Waals surface area contributed by atoms with Crippen LogP contribution in [-0.2, 0) is 11.3 Å². The third kappa shape index (κ3) is 5.01. The normalized spacial score (nSPS) is 20.3. The van der Waals surface area contributed by atoms with Crippen molar-refractivity contribution in [3.05, 3.63) is 34.9 Å². The number of carbonyl (C=O) groups is 1. The zero-order valence-electron chi connectivity index (χ0n) is 13.2. The van der Waals surface area contributed by atoms with E-state index < -0.39 is 0 Å². The van der Waals surface area contributed by atoms with Crippen molar-refractivity contribution in [1.29, 1.82) is 0 Å². The Hall–Kier alpha value is -1.06. The summed E-state index contributed by atoms with van der Waals surface area (Å²) in [7, 11) is 0. The minimum absolute atomic E-state index is 0.0838. The molecule has 1 fully saturated rings. The topological polar surface area (TPSA) is 32.3 Å². The first kappa shape index (κ1) is 16.3. The van der Waals surface area contributed by atoms with Gasteiger partial charge in [-0.25, -0.2) is 0 Å². The van der Waals surface area contributed by atoms with Crippen LogP contribution in [0.4, 0.5) is 0 Å². The molecule has 0 spiro atoms. The molecule has 1 aliphatic heterocycles. The molecule has 21 heavy (non-hydrogen) atoms. The molecule has 2 rings (SSSR count). The molecule has 3 nitrogen and oxygen atoms in total. The zero-order valence-corrected chi connectivity index (χ0v) is 13.9. The van der Waals surface area contributed by atoms with Crippen LogP contribution in [0.3, 0.4) is 0 Å². The lowest BCUT2D eigenvalue weighted by atomic mass is 9.95. The molecule has 0 aromatic heterocycles. The molecule has 1 aliphatic rings. The fourth-order valence-corrected chi connectivity index (χ4v) is 2.95. The van der Waals surface area contributed by atoms with E-state index in [4.69, 9.17) is 11.6 Å². The van der Waals surface area contributed by atoms with Gasteiger partial charge in [-0.3, -0.25) is 9.69 Å². The van der Waals surface area contributed by atoms with E-state index in [2.05, 4.69) is 16.3 Å². The Bertz CT molecular complexity index is 496. The summed E-state index contributed by atoms with van der Waals surface area (Å²) < 4.78 is 0. The van der Waals surface area contributed by atoms with E-state index in [1.54, 1.807) is 0 Å². The monoisotopic (exact) mass is 308 g/mol. The highest BCUT2D eigenvalue weighted by molar-refractivity contribution is 6.31. The van der Waals surface area contributed by atoms with Crippen LogP contribution >= 0.6 is 11.6 Å². The van der Waals surface area contributed by atoms with Gasteiger partial charge in [0.25, 0.3) is 0 Å². The molecule has 1 aromatic rings. The molecule has 1 unspecified atom stereocenters. The molecule has 0 bridgehead atoms. The fraction of sp³-hybridized carbons (Fsp3) is 0.588. The molecule has 116 valence electrons. The summed E-state index contributed by atoms with van der Waals surface area (Å²) in [6.07, 6.45) is 2.04. The van der Waals surface area contributed by atoms with Crippen LogP contribution in [0.1, 0.15) is 39.2 Å². The Morgan fingerprint density at radius 3 is 2.76 bits per heavy atom. The van der Waals surface area contributed by atoms with Crippen molar-refractivity contribution in [2.45, 2.75) is 45.7 Å². The molecule has 1 N–H and O–H groups in total. The van der Waals surface area contributed by atoms with Gasteiger partial charge in [-0.1, -0.05) is 29.8 Å². The molecular weight excluding hydrogens is 284 g/mol. The number of rotatable bonds is 3. The number of likely N-dealkylation sites (tertiary alicyclic amines) is 1. The van der Waals surface area contributed by atoms with E-state index in [1.807, 2.05) is 39.0 Å². The van der Waals surface area contributed by atoms with Gasteiger partial charge < -0.3 is 5.32 Å². The smallest absolute Gasteiger partial charge is 0.224 e. The molecule has 1 heterocycles. The Balaban J connectivity index is 1.95. The molecular formula is C17H25ClN2O. The lowest BCUT2D eigenvalue weighted by molar-refractivity contribution is -0.128. The maximum Gasteiger partial charge on any atom is 0.224 e. The van der Waals surface area contributed by atoms with Crippen molar-refractivity contribution in [3.8, 4) is 0 Å². The van der Waals surface area contributed by atoms with Crippen LogP contribution in [0.5, 0.6) is 0 Å². The molecule has 0 radical (unpaired) electrons. The van der Waals surface area contributed by atoms with Crippen molar-refractivity contribution in [2.75, 3.05) is 13.1 Å². The van der Waals surface area contributed by atoms with Crippen LogP contribution in [0.2, 0.25) is 5.02 Å². The number of halogens is 1. The SMILES string of the molecule is CC(C)(C)NC(=O)C1CCCN(Cc2ccccc2Cl)C1. The van der Waals surface area contributed by atoms with Gasteiger partial charge in [0.2, 0.25) is 5.91 Å². The van der Waals surface area contributed by atoms with Crippen LogP contribution < -0.4 is 5.32 Å². The van der Waals surface area contributed by atoms with Gasteiger partial charge in [-0.05, 0) is 51.8 Å². The predicted molar refractivity (Wildman–Crippen MR) is 87.3 cm³/mol. The Morgan fingerprint density at radius 2 is 2.10 bits per heavy atom. The van der Waals surface area contributed by atoms with Crippen LogP contribution in [0.25, 0.3) is 0 Å². The highest BCUT2D eigenvalue weighted by atomic mass is 35.5. The van der Waals surface area contributed by atoms with Gasteiger partial charge in [0.05, 0.1) is 5.92 Å². The Kier molecular flexibility index (Phi) is 5.28. The maximum absolute atomic E-state index is 12.3. The van der Waals surface area contributed by atoms with Gasteiger partial charge in [-0.2, -0.15) is 0 Å². The summed E-state index contributed by atoms with van der Waals surface area (Å²) >= 11 is 6.22. The molecule has 0 aliphatic carbocycles. The van der Waals surface area contributed by atoms with E-state index in [-0.39, 0.29) is 17.4 Å². The van der Waals surface area contributed by atoms with E-state index >= 15 is 0 Å². The molecule has 1 aromatic carbocycles. The Morgan fingerprint density at radius 1 is 1.38 bits per heavy atom. The molecule has 1 atom stereocenters. The summed E-state index contributed by atoms with van der Waals surface area (Å²) in [5, 5.41) is 3.90. The summed E-state index contributed by atoms with van der Waals surface area (Å²) in [5.41, 5.74) is 0.971. The fourth-order valence-electron chi connectivity index (χ4n) is 2.75. The number of nitrogens with one attached hydrogen (secondary N) is 1. The predicted octanol–water partition coefficient (Wildman–Crippen LogP) is 3.47. The number of hydrogen-bond acceptors (Lipinski definition) is 2. The summed E-state index contributed by atoms with van der Waals surface area (Å²) in [4.78, 5) is 14.6. The van der Waals surface area contributed by atoms with Gasteiger partial charge in [-0.15, -0.1) is 0 Å². The Labute approximate surface area is 132 Å². The zero-order chi connectivity index (χ0) is 15.5. The first-order valence-corrected chi connectivity index (χ1v) is 8.01. The summed E-state index contributed by atoms with van der Waals surface area (Å²) in [6.45, 7) is 8.73. The highest BCUT2D eigenvalue weighted by Crippen LogP contribution is 2.22. The van der Waals surface area contributed by atoms with E-state index in [0.29, 0.717) is 0 Å². The van der Waals surface area contributed by atoms with Gasteiger partial charge in [0, 0.05) is 23.7 Å². The number of carbonyl (C=O) groups excluding carboxylic acids is 1. The van der Waals surface area contributed by atoms with Crippen LogP contribution in [-0.4, -0.2) is 29.4 Å². The van der Waals surface area contributed by atoms with Crippen LogP contribution in [0, 0.1) is 5.92 Å². The highest BCUT2D eigenvalue weighted by Gasteiger charge is 2.28. The number of amides is 1. The lowest BCUT2D eigenvalue weighted by Crippen LogP contribution is -2.48. The summed E-state index contributed by atoms with van der Waals surface area (Å²) in [5.74, 6) is 0.256. The molecule has 0 saturated carbocycles. The first-order valence-electron chi connectivity index (χ1n) is 7.63. The minimum atomic E-state index is -0.165. The second-order valence-corrected chi connectivity index (χ2v) is 7.31. The lowest BCUT2D eigenvalue weighted by Gasteiger charge is -2.33. The maximum atomic E-state index is 12.3. The average molecular weight is 309 g/mol. The minimum Gasteiger partial charge on any atom is -0.351 e. The van der Waals surface area contributed by atoms with Crippen molar-refractivity contribution >= 4 is 17.5 Å². The quantitative estimate of drug-likeness (QED) is 0.927. The number of hydrogen-bond donors (Lipinski definition) is 1. The molecule has 1 saturated heterocycles. The average Bonchev–Trinajstić information content (AvgIpc) is 2.40. The third-order valence-electron chi connectivity index (χ3n) is 3.73. The van der Waals surface area contributed by atoms with Crippen molar-refractivity contribution in [2.24, 2.45) is 5.92 Å². The second-order valence-electron chi connectivity index (χ2n) is 6.90. The van der Waals surface area contributed by atoms with Gasteiger partial charge >= 0.3 is 0 Å². The van der Waals surface area contributed by atoms with Crippen molar-refractivity contribution in [3.63, 3.8) is 0 Å². The standard InChI is InChI=1S/C17H25ClN2O/c1-17(2,3)19-16(21)14-8-6-10-20(12-14)11-13-7-4-5-9-15(13)18/h4-5,7,9,14H,6,8,10-12H2,1-3H3,(H,19,21). The van der Waals surface area contributed by atoms with E-state index in [1.165, 1.54) is 0 Å². The number of benzene rings is 1. The second kappa shape index (κ2) is 6.80.